The van der Waals surface area contributed by atoms with Crippen molar-refractivity contribution in [3.05, 3.63) is 29.6 Å². The molecule has 1 amide bonds. The van der Waals surface area contributed by atoms with Crippen molar-refractivity contribution in [2.24, 2.45) is 5.73 Å². The lowest BCUT2D eigenvalue weighted by Gasteiger charge is -2.02. The van der Waals surface area contributed by atoms with Gasteiger partial charge in [-0.05, 0) is 19.1 Å². The van der Waals surface area contributed by atoms with E-state index < -0.39 is 0 Å². The SMILES string of the molecule is Cc1cccc(C(=O)NCCN)n1.Cl.Cl. The van der Waals surface area contributed by atoms with Crippen LogP contribution in [0.5, 0.6) is 0 Å². The molecule has 1 aromatic rings. The first kappa shape index (κ1) is 16.6. The molecule has 0 saturated carbocycles. The van der Waals surface area contributed by atoms with Crippen LogP contribution in [0.1, 0.15) is 16.2 Å². The minimum absolute atomic E-state index is 0. The number of halogens is 2. The van der Waals surface area contributed by atoms with Crippen LogP contribution in [0.25, 0.3) is 0 Å². The summed E-state index contributed by atoms with van der Waals surface area (Å²) in [5, 5.41) is 2.65. The zero-order valence-corrected chi connectivity index (χ0v) is 10.0. The van der Waals surface area contributed by atoms with Crippen LogP contribution in [0.15, 0.2) is 18.2 Å². The van der Waals surface area contributed by atoms with E-state index in [-0.39, 0.29) is 30.7 Å². The van der Waals surface area contributed by atoms with E-state index in [4.69, 9.17) is 5.73 Å². The molecule has 15 heavy (non-hydrogen) atoms. The molecule has 0 bridgehead atoms. The highest BCUT2D eigenvalue weighted by molar-refractivity contribution is 5.92. The van der Waals surface area contributed by atoms with E-state index in [2.05, 4.69) is 10.3 Å². The number of hydrogen-bond donors (Lipinski definition) is 2. The number of nitrogens with two attached hydrogens (primary N) is 1. The highest BCUT2D eigenvalue weighted by atomic mass is 35.5. The fraction of sp³-hybridized carbons (Fsp3) is 0.333. The third-order valence-corrected chi connectivity index (χ3v) is 1.55. The van der Waals surface area contributed by atoms with Crippen molar-refractivity contribution < 1.29 is 4.79 Å². The van der Waals surface area contributed by atoms with Gasteiger partial charge in [-0.2, -0.15) is 0 Å². The fourth-order valence-electron chi connectivity index (χ4n) is 0.946. The molecule has 0 saturated heterocycles. The number of carbonyl (C=O) groups is 1. The van der Waals surface area contributed by atoms with Crippen LogP contribution in [-0.4, -0.2) is 24.0 Å². The van der Waals surface area contributed by atoms with Crippen LogP contribution in [0, 0.1) is 6.92 Å². The molecule has 3 N–H and O–H groups in total. The predicted molar refractivity (Wildman–Crippen MR) is 64.9 cm³/mol. The van der Waals surface area contributed by atoms with E-state index in [0.29, 0.717) is 18.8 Å². The molecule has 0 aromatic carbocycles. The smallest absolute Gasteiger partial charge is 0.269 e. The van der Waals surface area contributed by atoms with Gasteiger partial charge in [0.05, 0.1) is 0 Å². The first-order chi connectivity index (χ1) is 6.24. The number of amides is 1. The largest absolute Gasteiger partial charge is 0.349 e. The van der Waals surface area contributed by atoms with Gasteiger partial charge in [-0.1, -0.05) is 6.07 Å². The number of aryl methyl sites for hydroxylation is 1. The van der Waals surface area contributed by atoms with Gasteiger partial charge in [0.25, 0.3) is 5.91 Å². The summed E-state index contributed by atoms with van der Waals surface area (Å²) in [6, 6.07) is 5.33. The van der Waals surface area contributed by atoms with E-state index in [1.807, 2.05) is 13.0 Å². The number of nitrogens with one attached hydrogen (secondary N) is 1. The Balaban J connectivity index is 0. The standard InChI is InChI=1S/C9H13N3O.2ClH/c1-7-3-2-4-8(12-7)9(13)11-6-5-10;;/h2-4H,5-6,10H2,1H3,(H,11,13);2*1H. The Bertz CT molecular complexity index is 307. The Labute approximate surface area is 101 Å². The summed E-state index contributed by atoms with van der Waals surface area (Å²) in [6.07, 6.45) is 0. The van der Waals surface area contributed by atoms with Crippen molar-refractivity contribution in [3.63, 3.8) is 0 Å². The van der Waals surface area contributed by atoms with Crippen molar-refractivity contribution >= 4 is 30.7 Å². The quantitative estimate of drug-likeness (QED) is 0.840. The molecule has 0 atom stereocenters. The number of aromatic nitrogens is 1. The minimum Gasteiger partial charge on any atom is -0.349 e. The third kappa shape index (κ3) is 5.57. The molecule has 6 heteroatoms. The second-order valence-electron chi connectivity index (χ2n) is 2.71. The van der Waals surface area contributed by atoms with Crippen molar-refractivity contribution in [2.45, 2.75) is 6.92 Å². The minimum atomic E-state index is -0.172. The summed E-state index contributed by atoms with van der Waals surface area (Å²) in [5.41, 5.74) is 6.52. The summed E-state index contributed by atoms with van der Waals surface area (Å²) in [6.45, 7) is 2.77. The molecule has 4 nitrogen and oxygen atoms in total. The first-order valence-electron chi connectivity index (χ1n) is 4.16. The molecule has 0 fully saturated rings. The molecular weight excluding hydrogens is 237 g/mol. The Morgan fingerprint density at radius 2 is 2.13 bits per heavy atom. The van der Waals surface area contributed by atoms with Crippen molar-refractivity contribution in [2.75, 3.05) is 13.1 Å². The molecule has 0 aliphatic heterocycles. The molecule has 0 aliphatic carbocycles. The Kier molecular flexibility index (Phi) is 9.36. The highest BCUT2D eigenvalue weighted by Crippen LogP contribution is 1.97. The topological polar surface area (TPSA) is 68.0 Å². The summed E-state index contributed by atoms with van der Waals surface area (Å²) in [7, 11) is 0. The molecule has 1 rings (SSSR count). The number of nitrogens with zero attached hydrogens (tertiary/aromatic N) is 1. The zero-order chi connectivity index (χ0) is 9.68. The van der Waals surface area contributed by atoms with Crippen LogP contribution in [-0.2, 0) is 0 Å². The van der Waals surface area contributed by atoms with Crippen molar-refractivity contribution in [1.29, 1.82) is 0 Å². The van der Waals surface area contributed by atoms with E-state index in [1.54, 1.807) is 12.1 Å². The van der Waals surface area contributed by atoms with Gasteiger partial charge in [-0.15, -0.1) is 24.8 Å². The Hall–Kier alpha value is -0.840. The van der Waals surface area contributed by atoms with Gasteiger partial charge in [0.15, 0.2) is 0 Å². The third-order valence-electron chi connectivity index (χ3n) is 1.55. The Morgan fingerprint density at radius 3 is 2.67 bits per heavy atom. The molecule has 0 unspecified atom stereocenters. The van der Waals surface area contributed by atoms with Crippen molar-refractivity contribution in [1.82, 2.24) is 10.3 Å². The summed E-state index contributed by atoms with van der Waals surface area (Å²) in [5.74, 6) is -0.172. The number of pyridine rings is 1. The molecule has 0 aliphatic rings. The molecule has 0 radical (unpaired) electrons. The van der Waals surface area contributed by atoms with Gasteiger partial charge >= 0.3 is 0 Å². The monoisotopic (exact) mass is 251 g/mol. The van der Waals surface area contributed by atoms with Crippen molar-refractivity contribution in [3.8, 4) is 0 Å². The van der Waals surface area contributed by atoms with Crippen LogP contribution in [0.3, 0.4) is 0 Å². The van der Waals surface area contributed by atoms with Gasteiger partial charge in [0, 0.05) is 18.8 Å². The molecular formula is C9H15Cl2N3O. The summed E-state index contributed by atoms with van der Waals surface area (Å²) >= 11 is 0. The molecule has 86 valence electrons. The lowest BCUT2D eigenvalue weighted by Crippen LogP contribution is -2.29. The molecule has 1 aromatic heterocycles. The second kappa shape index (κ2) is 8.47. The summed E-state index contributed by atoms with van der Waals surface area (Å²) in [4.78, 5) is 15.4. The zero-order valence-electron chi connectivity index (χ0n) is 8.40. The number of rotatable bonds is 3. The van der Waals surface area contributed by atoms with Gasteiger partial charge in [-0.25, -0.2) is 4.98 Å². The van der Waals surface area contributed by atoms with Gasteiger partial charge in [-0.3, -0.25) is 4.79 Å². The van der Waals surface area contributed by atoms with Crippen LogP contribution in [0.4, 0.5) is 0 Å². The lowest BCUT2D eigenvalue weighted by molar-refractivity contribution is 0.0949. The maximum absolute atomic E-state index is 11.3. The normalized spacial score (nSPS) is 8.40. The highest BCUT2D eigenvalue weighted by Gasteiger charge is 2.04. The van der Waals surface area contributed by atoms with Gasteiger partial charge < -0.3 is 11.1 Å². The maximum Gasteiger partial charge on any atom is 0.269 e. The van der Waals surface area contributed by atoms with E-state index in [1.165, 1.54) is 0 Å². The lowest BCUT2D eigenvalue weighted by atomic mass is 10.3. The predicted octanol–water partition coefficient (Wildman–Crippen LogP) is 0.922. The molecule has 0 spiro atoms. The molecule has 1 heterocycles. The van der Waals surface area contributed by atoms with E-state index >= 15 is 0 Å². The Morgan fingerprint density at radius 1 is 1.47 bits per heavy atom. The fourth-order valence-corrected chi connectivity index (χ4v) is 0.946. The van der Waals surface area contributed by atoms with Gasteiger partial charge in [0.2, 0.25) is 0 Å². The van der Waals surface area contributed by atoms with Crippen LogP contribution >= 0.6 is 24.8 Å². The average Bonchev–Trinajstić information content (AvgIpc) is 2.14. The van der Waals surface area contributed by atoms with Crippen LogP contribution in [0.2, 0.25) is 0 Å². The summed E-state index contributed by atoms with van der Waals surface area (Å²) < 4.78 is 0. The van der Waals surface area contributed by atoms with Crippen LogP contribution < -0.4 is 11.1 Å². The average molecular weight is 252 g/mol. The number of carbonyl (C=O) groups excluding carboxylic acids is 1. The first-order valence-corrected chi connectivity index (χ1v) is 4.16. The maximum atomic E-state index is 11.3. The second-order valence-corrected chi connectivity index (χ2v) is 2.71. The van der Waals surface area contributed by atoms with E-state index in [0.717, 1.165) is 5.69 Å². The van der Waals surface area contributed by atoms with E-state index in [9.17, 15) is 4.79 Å². The number of hydrogen-bond acceptors (Lipinski definition) is 3. The van der Waals surface area contributed by atoms with Gasteiger partial charge in [0.1, 0.15) is 5.69 Å².